The van der Waals surface area contributed by atoms with Gasteiger partial charge in [-0.15, -0.1) is 0 Å². The first kappa shape index (κ1) is 17.0. The van der Waals surface area contributed by atoms with E-state index in [9.17, 15) is 14.4 Å². The summed E-state index contributed by atoms with van der Waals surface area (Å²) < 4.78 is 0. The molecule has 2 aromatic rings. The number of anilines is 1. The molecule has 0 fully saturated rings. The maximum Gasteiger partial charge on any atom is 0.321 e. The van der Waals surface area contributed by atoms with Crippen LogP contribution in [0.25, 0.3) is 0 Å². The van der Waals surface area contributed by atoms with Gasteiger partial charge in [-0.1, -0.05) is 29.8 Å². The molecule has 0 saturated carbocycles. The average Bonchev–Trinajstić information content (AvgIpc) is 2.82. The Balaban J connectivity index is 1.79. The Hall–Kier alpha value is -2.86. The molecule has 1 aliphatic heterocycles. The number of rotatable bonds is 3. The lowest BCUT2D eigenvalue weighted by Crippen LogP contribution is -2.29. The summed E-state index contributed by atoms with van der Waals surface area (Å²) in [4.78, 5) is 39.1. The van der Waals surface area contributed by atoms with Gasteiger partial charge in [0.1, 0.15) is 0 Å². The SMILES string of the molecule is CN(C)C(=O)Nc1ccc(CN2C(=O)c3ccccc3C2=O)c(Cl)c1. The molecule has 128 valence electrons. The summed E-state index contributed by atoms with van der Waals surface area (Å²) in [5.74, 6) is -0.664. The van der Waals surface area contributed by atoms with Crippen LogP contribution in [0.15, 0.2) is 42.5 Å². The zero-order chi connectivity index (χ0) is 18.1. The molecule has 0 unspecified atom stereocenters. The fourth-order valence-electron chi connectivity index (χ4n) is 2.54. The van der Waals surface area contributed by atoms with E-state index in [2.05, 4.69) is 5.32 Å². The molecule has 4 amide bonds. The molecule has 0 aromatic heterocycles. The molecule has 0 bridgehead atoms. The van der Waals surface area contributed by atoms with Gasteiger partial charge in [-0.2, -0.15) is 0 Å². The number of benzene rings is 2. The Labute approximate surface area is 150 Å². The van der Waals surface area contributed by atoms with E-state index in [0.29, 0.717) is 27.4 Å². The van der Waals surface area contributed by atoms with Crippen molar-refractivity contribution in [1.82, 2.24) is 9.80 Å². The second kappa shape index (κ2) is 6.57. The molecule has 0 aliphatic carbocycles. The highest BCUT2D eigenvalue weighted by molar-refractivity contribution is 6.31. The summed E-state index contributed by atoms with van der Waals surface area (Å²) in [6.07, 6.45) is 0. The first-order chi connectivity index (χ1) is 11.9. The lowest BCUT2D eigenvalue weighted by atomic mass is 10.1. The number of nitrogens with one attached hydrogen (secondary N) is 1. The van der Waals surface area contributed by atoms with E-state index < -0.39 is 0 Å². The van der Waals surface area contributed by atoms with Crippen LogP contribution in [-0.4, -0.2) is 41.7 Å². The molecule has 1 aliphatic rings. The van der Waals surface area contributed by atoms with Crippen molar-refractivity contribution in [1.29, 1.82) is 0 Å². The van der Waals surface area contributed by atoms with Crippen molar-refractivity contribution >= 4 is 35.1 Å². The number of hydrogen-bond acceptors (Lipinski definition) is 3. The van der Waals surface area contributed by atoms with Crippen molar-refractivity contribution < 1.29 is 14.4 Å². The maximum atomic E-state index is 12.4. The molecular formula is C18H16ClN3O3. The van der Waals surface area contributed by atoms with Crippen LogP contribution in [0.4, 0.5) is 10.5 Å². The van der Waals surface area contributed by atoms with Crippen LogP contribution < -0.4 is 5.32 Å². The minimum absolute atomic E-state index is 0.0765. The monoisotopic (exact) mass is 357 g/mol. The highest BCUT2D eigenvalue weighted by Gasteiger charge is 2.35. The maximum absolute atomic E-state index is 12.4. The number of amides is 4. The first-order valence-electron chi connectivity index (χ1n) is 7.60. The summed E-state index contributed by atoms with van der Waals surface area (Å²) in [5, 5.41) is 3.06. The van der Waals surface area contributed by atoms with Gasteiger partial charge in [0.05, 0.1) is 17.7 Å². The second-order valence-electron chi connectivity index (χ2n) is 5.87. The number of imide groups is 1. The third kappa shape index (κ3) is 3.21. The quantitative estimate of drug-likeness (QED) is 0.857. The molecular weight excluding hydrogens is 342 g/mol. The van der Waals surface area contributed by atoms with Gasteiger partial charge in [0.2, 0.25) is 0 Å². The van der Waals surface area contributed by atoms with Gasteiger partial charge in [-0.25, -0.2) is 4.79 Å². The summed E-state index contributed by atoms with van der Waals surface area (Å²) in [6.45, 7) is 0.0765. The third-order valence-electron chi connectivity index (χ3n) is 3.92. The van der Waals surface area contributed by atoms with E-state index in [0.717, 1.165) is 0 Å². The number of nitrogens with zero attached hydrogens (tertiary/aromatic N) is 2. The van der Waals surface area contributed by atoms with Crippen molar-refractivity contribution in [2.75, 3.05) is 19.4 Å². The van der Waals surface area contributed by atoms with E-state index in [4.69, 9.17) is 11.6 Å². The van der Waals surface area contributed by atoms with E-state index in [1.165, 1.54) is 9.80 Å². The predicted molar refractivity (Wildman–Crippen MR) is 94.8 cm³/mol. The van der Waals surface area contributed by atoms with Crippen LogP contribution in [0.3, 0.4) is 0 Å². The Morgan fingerprint density at radius 2 is 1.68 bits per heavy atom. The zero-order valence-corrected chi connectivity index (χ0v) is 14.5. The number of urea groups is 1. The Kier molecular flexibility index (Phi) is 4.46. The third-order valence-corrected chi connectivity index (χ3v) is 4.27. The predicted octanol–water partition coefficient (Wildman–Crippen LogP) is 3.23. The van der Waals surface area contributed by atoms with Gasteiger partial charge in [-0.05, 0) is 29.8 Å². The van der Waals surface area contributed by atoms with Crippen LogP contribution >= 0.6 is 11.6 Å². The van der Waals surface area contributed by atoms with Crippen molar-refractivity contribution in [3.05, 3.63) is 64.2 Å². The van der Waals surface area contributed by atoms with Gasteiger partial charge in [0.15, 0.2) is 0 Å². The van der Waals surface area contributed by atoms with Crippen molar-refractivity contribution in [3.8, 4) is 0 Å². The number of fused-ring (bicyclic) bond motifs is 1. The van der Waals surface area contributed by atoms with E-state index in [-0.39, 0.29) is 24.4 Å². The van der Waals surface area contributed by atoms with Crippen molar-refractivity contribution in [3.63, 3.8) is 0 Å². The van der Waals surface area contributed by atoms with E-state index in [1.54, 1.807) is 56.6 Å². The van der Waals surface area contributed by atoms with Gasteiger partial charge in [0, 0.05) is 24.8 Å². The van der Waals surface area contributed by atoms with Crippen LogP contribution in [-0.2, 0) is 6.54 Å². The molecule has 7 heteroatoms. The van der Waals surface area contributed by atoms with Crippen LogP contribution in [0, 0.1) is 0 Å². The normalized spacial score (nSPS) is 13.0. The number of carbonyl (C=O) groups excluding carboxylic acids is 3. The number of hydrogen-bond donors (Lipinski definition) is 1. The van der Waals surface area contributed by atoms with Crippen molar-refractivity contribution in [2.24, 2.45) is 0 Å². The van der Waals surface area contributed by atoms with Gasteiger partial charge >= 0.3 is 6.03 Å². The standard InChI is InChI=1S/C18H16ClN3O3/c1-21(2)18(25)20-12-8-7-11(15(19)9-12)10-22-16(23)13-5-3-4-6-14(13)17(22)24/h3-9H,10H2,1-2H3,(H,20,25). The summed E-state index contributed by atoms with van der Waals surface area (Å²) in [6, 6.07) is 11.4. The van der Waals surface area contributed by atoms with E-state index >= 15 is 0 Å². The highest BCUT2D eigenvalue weighted by atomic mass is 35.5. The highest BCUT2D eigenvalue weighted by Crippen LogP contribution is 2.28. The average molecular weight is 358 g/mol. The Morgan fingerprint density at radius 1 is 1.08 bits per heavy atom. The van der Waals surface area contributed by atoms with Crippen LogP contribution in [0.1, 0.15) is 26.3 Å². The second-order valence-corrected chi connectivity index (χ2v) is 6.28. The van der Waals surface area contributed by atoms with E-state index in [1.807, 2.05) is 0 Å². The summed E-state index contributed by atoms with van der Waals surface area (Å²) in [5.41, 5.74) is 1.96. The Bertz CT molecular complexity index is 845. The first-order valence-corrected chi connectivity index (χ1v) is 7.98. The lowest BCUT2D eigenvalue weighted by Gasteiger charge is -2.16. The Morgan fingerprint density at radius 3 is 2.20 bits per heavy atom. The number of halogens is 1. The molecule has 0 atom stereocenters. The zero-order valence-electron chi connectivity index (χ0n) is 13.7. The molecule has 3 rings (SSSR count). The summed E-state index contributed by atoms with van der Waals surface area (Å²) >= 11 is 6.26. The summed E-state index contributed by atoms with van der Waals surface area (Å²) in [7, 11) is 3.27. The minimum Gasteiger partial charge on any atom is -0.331 e. The van der Waals surface area contributed by atoms with Gasteiger partial charge in [0.25, 0.3) is 11.8 Å². The fraction of sp³-hybridized carbons (Fsp3) is 0.167. The van der Waals surface area contributed by atoms with Crippen molar-refractivity contribution in [2.45, 2.75) is 6.54 Å². The molecule has 25 heavy (non-hydrogen) atoms. The van der Waals surface area contributed by atoms with Crippen LogP contribution in [0.5, 0.6) is 0 Å². The fourth-order valence-corrected chi connectivity index (χ4v) is 2.78. The number of carbonyl (C=O) groups is 3. The molecule has 6 nitrogen and oxygen atoms in total. The molecule has 0 radical (unpaired) electrons. The molecule has 1 N–H and O–H groups in total. The van der Waals surface area contributed by atoms with Crippen LogP contribution in [0.2, 0.25) is 5.02 Å². The molecule has 2 aromatic carbocycles. The van der Waals surface area contributed by atoms with Gasteiger partial charge < -0.3 is 10.2 Å². The lowest BCUT2D eigenvalue weighted by molar-refractivity contribution is 0.0642. The minimum atomic E-state index is -0.332. The molecule has 1 heterocycles. The molecule has 0 spiro atoms. The largest absolute Gasteiger partial charge is 0.331 e. The van der Waals surface area contributed by atoms with Gasteiger partial charge in [-0.3, -0.25) is 14.5 Å². The smallest absolute Gasteiger partial charge is 0.321 e. The molecule has 0 saturated heterocycles. The topological polar surface area (TPSA) is 69.7 Å².